The van der Waals surface area contributed by atoms with E-state index in [1.165, 1.54) is 41.0 Å². The van der Waals surface area contributed by atoms with Crippen LogP contribution in [-0.4, -0.2) is 58.4 Å². The molecule has 3 aromatic rings. The smallest absolute Gasteiger partial charge is 0.258 e. The van der Waals surface area contributed by atoms with Gasteiger partial charge in [-0.2, -0.15) is 0 Å². The van der Waals surface area contributed by atoms with Gasteiger partial charge >= 0.3 is 0 Å². The minimum atomic E-state index is -0.468. The predicted octanol–water partition coefficient (Wildman–Crippen LogP) is 1.86. The number of piperazine rings is 1. The number of carbonyl (C=O) groups excluding carboxylic acids is 1. The molecule has 2 aromatic heterocycles. The number of thiazole rings is 1. The number of carbonyl (C=O) groups is 1. The Hall–Kier alpha value is -2.78. The minimum absolute atomic E-state index is 0.0896. The molecular formula is C19H19FN4O3S. The molecule has 1 aromatic carbocycles. The summed E-state index contributed by atoms with van der Waals surface area (Å²) < 4.78 is 20.3. The summed E-state index contributed by atoms with van der Waals surface area (Å²) in [5, 5.41) is 1.83. The zero-order valence-corrected chi connectivity index (χ0v) is 16.1. The summed E-state index contributed by atoms with van der Waals surface area (Å²) >= 11 is 1.42. The van der Waals surface area contributed by atoms with Crippen LogP contribution in [0.2, 0.25) is 0 Å². The van der Waals surface area contributed by atoms with Crippen LogP contribution in [0, 0.1) is 5.82 Å². The first-order chi connectivity index (χ1) is 13.5. The number of benzene rings is 1. The Labute approximate surface area is 164 Å². The van der Waals surface area contributed by atoms with Gasteiger partial charge in [-0.05, 0) is 18.2 Å². The fourth-order valence-electron chi connectivity index (χ4n) is 3.32. The fraction of sp³-hybridized carbons (Fsp3) is 0.316. The van der Waals surface area contributed by atoms with Gasteiger partial charge in [0, 0.05) is 50.4 Å². The zero-order chi connectivity index (χ0) is 19.7. The Morgan fingerprint density at radius 3 is 2.79 bits per heavy atom. The van der Waals surface area contributed by atoms with Gasteiger partial charge in [0.1, 0.15) is 11.6 Å². The molecule has 0 bridgehead atoms. The van der Waals surface area contributed by atoms with Crippen molar-refractivity contribution in [1.82, 2.24) is 19.2 Å². The molecule has 3 heterocycles. The van der Waals surface area contributed by atoms with Crippen LogP contribution < -0.4 is 10.3 Å². The fourth-order valence-corrected chi connectivity index (χ4v) is 4.06. The maximum Gasteiger partial charge on any atom is 0.258 e. The zero-order valence-electron chi connectivity index (χ0n) is 15.3. The normalized spacial score (nSPS) is 15.1. The first-order valence-corrected chi connectivity index (χ1v) is 9.74. The van der Waals surface area contributed by atoms with E-state index < -0.39 is 5.82 Å². The average molecular weight is 402 g/mol. The molecule has 0 saturated carbocycles. The van der Waals surface area contributed by atoms with Gasteiger partial charge in [0.15, 0.2) is 4.96 Å². The second-order valence-corrected chi connectivity index (χ2v) is 7.43. The summed E-state index contributed by atoms with van der Waals surface area (Å²) in [5.74, 6) is -0.348. The van der Waals surface area contributed by atoms with E-state index in [-0.39, 0.29) is 17.0 Å². The van der Waals surface area contributed by atoms with E-state index in [0.717, 1.165) is 5.69 Å². The van der Waals surface area contributed by atoms with Gasteiger partial charge in [-0.15, -0.1) is 11.3 Å². The van der Waals surface area contributed by atoms with Crippen LogP contribution >= 0.6 is 11.3 Å². The van der Waals surface area contributed by atoms with Gasteiger partial charge in [0.25, 0.3) is 11.5 Å². The second kappa shape index (κ2) is 7.69. The third-order valence-electron chi connectivity index (χ3n) is 4.79. The van der Waals surface area contributed by atoms with Crippen LogP contribution in [0.25, 0.3) is 4.96 Å². The highest BCUT2D eigenvalue weighted by molar-refractivity contribution is 7.15. The molecule has 146 valence electrons. The molecule has 0 unspecified atom stereocenters. The molecule has 0 spiro atoms. The molecular weight excluding hydrogens is 383 g/mol. The maximum atomic E-state index is 13.6. The summed E-state index contributed by atoms with van der Waals surface area (Å²) in [7, 11) is 1.46. The molecule has 1 aliphatic rings. The molecule has 4 rings (SSSR count). The van der Waals surface area contributed by atoms with Crippen molar-refractivity contribution in [3.05, 3.63) is 63.3 Å². The van der Waals surface area contributed by atoms with Crippen LogP contribution in [0.15, 0.2) is 40.6 Å². The van der Waals surface area contributed by atoms with E-state index in [0.29, 0.717) is 43.4 Å². The van der Waals surface area contributed by atoms with Crippen molar-refractivity contribution in [3.8, 4) is 5.75 Å². The van der Waals surface area contributed by atoms with Crippen LogP contribution in [0.3, 0.4) is 0 Å². The Balaban J connectivity index is 1.42. The van der Waals surface area contributed by atoms with E-state index in [1.54, 1.807) is 17.2 Å². The molecule has 1 aliphatic heterocycles. The van der Waals surface area contributed by atoms with Gasteiger partial charge in [0.2, 0.25) is 0 Å². The molecule has 0 N–H and O–H groups in total. The second-order valence-electron chi connectivity index (χ2n) is 6.55. The molecule has 1 saturated heterocycles. The number of fused-ring (bicyclic) bond motifs is 1. The first kappa shape index (κ1) is 18.6. The predicted molar refractivity (Wildman–Crippen MR) is 103 cm³/mol. The third-order valence-corrected chi connectivity index (χ3v) is 5.55. The monoisotopic (exact) mass is 402 g/mol. The lowest BCUT2D eigenvalue weighted by atomic mass is 10.1. The number of halogens is 1. The molecule has 9 heteroatoms. The highest BCUT2D eigenvalue weighted by Gasteiger charge is 2.25. The average Bonchev–Trinajstić information content (AvgIpc) is 3.17. The summed E-state index contributed by atoms with van der Waals surface area (Å²) in [4.78, 5) is 33.9. The van der Waals surface area contributed by atoms with Gasteiger partial charge in [-0.1, -0.05) is 0 Å². The van der Waals surface area contributed by atoms with Crippen molar-refractivity contribution >= 4 is 22.2 Å². The van der Waals surface area contributed by atoms with Crippen molar-refractivity contribution in [1.29, 1.82) is 0 Å². The Morgan fingerprint density at radius 2 is 2.04 bits per heavy atom. The number of nitrogens with zero attached hydrogens (tertiary/aromatic N) is 4. The van der Waals surface area contributed by atoms with Crippen LogP contribution in [0.5, 0.6) is 5.75 Å². The van der Waals surface area contributed by atoms with Crippen molar-refractivity contribution < 1.29 is 13.9 Å². The number of aromatic nitrogens is 2. The van der Waals surface area contributed by atoms with Crippen LogP contribution in [0.4, 0.5) is 4.39 Å². The number of methoxy groups -OCH3 is 1. The Kier molecular flexibility index (Phi) is 5.10. The van der Waals surface area contributed by atoms with Crippen molar-refractivity contribution in [2.24, 2.45) is 0 Å². The number of hydrogen-bond donors (Lipinski definition) is 0. The van der Waals surface area contributed by atoms with Crippen molar-refractivity contribution in [2.45, 2.75) is 6.54 Å². The molecule has 28 heavy (non-hydrogen) atoms. The van der Waals surface area contributed by atoms with Gasteiger partial charge in [-0.3, -0.25) is 18.9 Å². The lowest BCUT2D eigenvalue weighted by Gasteiger charge is -2.34. The Bertz CT molecular complexity index is 1070. The summed E-state index contributed by atoms with van der Waals surface area (Å²) in [6.45, 7) is 2.87. The van der Waals surface area contributed by atoms with E-state index in [1.807, 2.05) is 5.38 Å². The standard InChI is InChI=1S/C19H19FN4O3S/c1-27-16-3-2-13(20)10-15(16)18(26)23-6-4-22(5-7-23)12-14-11-17(25)24-8-9-28-19(24)21-14/h2-3,8-11H,4-7,12H2,1H3. The SMILES string of the molecule is COc1ccc(F)cc1C(=O)N1CCN(Cc2cc(=O)n3ccsc3n2)CC1. The number of ether oxygens (including phenoxy) is 1. The first-order valence-electron chi connectivity index (χ1n) is 8.86. The molecule has 1 fully saturated rings. The minimum Gasteiger partial charge on any atom is -0.496 e. The summed E-state index contributed by atoms with van der Waals surface area (Å²) in [5.41, 5.74) is 0.862. The highest BCUT2D eigenvalue weighted by atomic mass is 32.1. The molecule has 1 amide bonds. The number of hydrogen-bond acceptors (Lipinski definition) is 6. The largest absolute Gasteiger partial charge is 0.496 e. The summed E-state index contributed by atoms with van der Waals surface area (Å²) in [6, 6.07) is 5.49. The van der Waals surface area contributed by atoms with E-state index in [4.69, 9.17) is 4.74 Å². The molecule has 0 aliphatic carbocycles. The van der Waals surface area contributed by atoms with Gasteiger partial charge < -0.3 is 9.64 Å². The van der Waals surface area contributed by atoms with Crippen molar-refractivity contribution in [2.75, 3.05) is 33.3 Å². The quantitative estimate of drug-likeness (QED) is 0.667. The van der Waals surface area contributed by atoms with Gasteiger partial charge in [0.05, 0.1) is 18.4 Å². The lowest BCUT2D eigenvalue weighted by Crippen LogP contribution is -2.48. The van der Waals surface area contributed by atoms with E-state index in [9.17, 15) is 14.0 Å². The number of amides is 1. The van der Waals surface area contributed by atoms with Crippen LogP contribution in [0.1, 0.15) is 16.1 Å². The van der Waals surface area contributed by atoms with Crippen molar-refractivity contribution in [3.63, 3.8) is 0 Å². The lowest BCUT2D eigenvalue weighted by molar-refractivity contribution is 0.0623. The third kappa shape index (κ3) is 3.63. The topological polar surface area (TPSA) is 67.2 Å². The van der Waals surface area contributed by atoms with Crippen LogP contribution in [-0.2, 0) is 6.54 Å². The van der Waals surface area contributed by atoms with E-state index >= 15 is 0 Å². The van der Waals surface area contributed by atoms with E-state index in [2.05, 4.69) is 9.88 Å². The number of rotatable bonds is 4. The van der Waals surface area contributed by atoms with Gasteiger partial charge in [-0.25, -0.2) is 9.37 Å². The highest BCUT2D eigenvalue weighted by Crippen LogP contribution is 2.22. The molecule has 0 atom stereocenters. The molecule has 0 radical (unpaired) electrons. The maximum absolute atomic E-state index is 13.6. The Morgan fingerprint density at radius 1 is 1.25 bits per heavy atom. The summed E-state index contributed by atoms with van der Waals surface area (Å²) in [6.07, 6.45) is 1.71. The molecule has 7 nitrogen and oxygen atoms in total.